The van der Waals surface area contributed by atoms with Crippen LogP contribution in [0.4, 0.5) is 10.5 Å². The van der Waals surface area contributed by atoms with Crippen molar-refractivity contribution >= 4 is 28.6 Å². The van der Waals surface area contributed by atoms with Crippen molar-refractivity contribution in [3.05, 3.63) is 50.9 Å². The molecular weight excluding hydrogens is 306 g/mol. The maximum Gasteiger partial charge on any atom is 0.293 e. The number of nitrogens with two attached hydrogens (primary N) is 1. The molecule has 2 rings (SSSR count). The number of carbonyl (C=O) groups is 2. The first kappa shape index (κ1) is 16.2. The van der Waals surface area contributed by atoms with Crippen LogP contribution in [0.25, 0.3) is 0 Å². The standard InChI is InChI=1S/C14H15N3O4S/c15-7-8-16-13(18)12(22-14(16)19)6-2-4-10-3-1-5-11(9-10)17(20)21/h1,3,5-6,9H,2,4,7-8,15H2/b12-6-. The van der Waals surface area contributed by atoms with Crippen LogP contribution in [-0.2, 0) is 11.2 Å². The van der Waals surface area contributed by atoms with Crippen LogP contribution in [0, 0.1) is 10.1 Å². The molecule has 0 aromatic heterocycles. The average molecular weight is 321 g/mol. The number of non-ortho nitro benzene ring substituents is 1. The topological polar surface area (TPSA) is 107 Å². The molecule has 8 heteroatoms. The van der Waals surface area contributed by atoms with Crippen LogP contribution >= 0.6 is 11.8 Å². The molecule has 0 spiro atoms. The van der Waals surface area contributed by atoms with Crippen molar-refractivity contribution in [2.24, 2.45) is 5.73 Å². The van der Waals surface area contributed by atoms with E-state index in [1.165, 1.54) is 12.1 Å². The van der Waals surface area contributed by atoms with Crippen molar-refractivity contribution < 1.29 is 14.5 Å². The smallest absolute Gasteiger partial charge is 0.293 e. The molecule has 0 saturated carbocycles. The Morgan fingerprint density at radius 3 is 2.82 bits per heavy atom. The van der Waals surface area contributed by atoms with E-state index in [1.54, 1.807) is 18.2 Å². The van der Waals surface area contributed by atoms with Gasteiger partial charge in [0.15, 0.2) is 0 Å². The van der Waals surface area contributed by atoms with Crippen LogP contribution in [0.15, 0.2) is 35.2 Å². The Morgan fingerprint density at radius 2 is 2.14 bits per heavy atom. The van der Waals surface area contributed by atoms with Gasteiger partial charge in [-0.05, 0) is 30.2 Å². The van der Waals surface area contributed by atoms with Crippen molar-refractivity contribution in [1.29, 1.82) is 0 Å². The Kier molecular flexibility index (Phi) is 5.29. The van der Waals surface area contributed by atoms with Crippen molar-refractivity contribution in [2.75, 3.05) is 13.1 Å². The second-order valence-electron chi connectivity index (χ2n) is 4.65. The quantitative estimate of drug-likeness (QED) is 0.488. The van der Waals surface area contributed by atoms with Gasteiger partial charge in [-0.2, -0.15) is 0 Å². The van der Waals surface area contributed by atoms with Crippen LogP contribution in [0.5, 0.6) is 0 Å². The summed E-state index contributed by atoms with van der Waals surface area (Å²) in [4.78, 5) is 35.4. The number of aryl methyl sites for hydroxylation is 1. The first-order chi connectivity index (χ1) is 10.5. The number of hydrogen-bond donors (Lipinski definition) is 1. The Balaban J connectivity index is 1.98. The number of nitro groups is 1. The highest BCUT2D eigenvalue weighted by atomic mass is 32.2. The first-order valence-electron chi connectivity index (χ1n) is 6.70. The summed E-state index contributed by atoms with van der Waals surface area (Å²) in [5, 5.41) is 10.4. The zero-order chi connectivity index (χ0) is 16.1. The molecule has 1 aliphatic heterocycles. The third-order valence-corrected chi connectivity index (χ3v) is 4.07. The molecule has 2 N–H and O–H groups in total. The molecule has 22 heavy (non-hydrogen) atoms. The molecule has 7 nitrogen and oxygen atoms in total. The molecule has 1 aromatic carbocycles. The van der Waals surface area contributed by atoms with Crippen molar-refractivity contribution in [3.63, 3.8) is 0 Å². The first-order valence-corrected chi connectivity index (χ1v) is 7.52. The normalized spacial score (nSPS) is 16.6. The fourth-order valence-electron chi connectivity index (χ4n) is 2.06. The molecule has 0 bridgehead atoms. The Morgan fingerprint density at radius 1 is 1.36 bits per heavy atom. The summed E-state index contributed by atoms with van der Waals surface area (Å²) in [5.41, 5.74) is 6.22. The minimum atomic E-state index is -0.443. The summed E-state index contributed by atoms with van der Waals surface area (Å²) in [6.07, 6.45) is 2.78. The van der Waals surface area contributed by atoms with E-state index < -0.39 is 4.92 Å². The summed E-state index contributed by atoms with van der Waals surface area (Å²) < 4.78 is 0. The van der Waals surface area contributed by atoms with Gasteiger partial charge in [0.2, 0.25) is 0 Å². The van der Waals surface area contributed by atoms with E-state index in [9.17, 15) is 19.7 Å². The molecule has 1 saturated heterocycles. The predicted molar refractivity (Wildman–Crippen MR) is 83.3 cm³/mol. The SMILES string of the molecule is NCCN1C(=O)S/C(=C\CCc2cccc([N+](=O)[O-])c2)C1=O. The van der Waals surface area contributed by atoms with Gasteiger partial charge in [0.05, 0.1) is 9.83 Å². The van der Waals surface area contributed by atoms with E-state index in [0.717, 1.165) is 22.2 Å². The maximum absolute atomic E-state index is 12.0. The van der Waals surface area contributed by atoms with E-state index >= 15 is 0 Å². The summed E-state index contributed by atoms with van der Waals surface area (Å²) in [7, 11) is 0. The van der Waals surface area contributed by atoms with Crippen molar-refractivity contribution in [1.82, 2.24) is 4.90 Å². The van der Waals surface area contributed by atoms with Crippen LogP contribution in [0.2, 0.25) is 0 Å². The van der Waals surface area contributed by atoms with Gasteiger partial charge < -0.3 is 5.73 Å². The third-order valence-electron chi connectivity index (χ3n) is 3.11. The lowest BCUT2D eigenvalue weighted by Crippen LogP contribution is -2.33. The van der Waals surface area contributed by atoms with Crippen LogP contribution in [0.3, 0.4) is 0 Å². The van der Waals surface area contributed by atoms with Gasteiger partial charge in [-0.3, -0.25) is 24.6 Å². The second-order valence-corrected chi connectivity index (χ2v) is 5.64. The molecule has 0 atom stereocenters. The molecule has 2 amide bonds. The highest BCUT2D eigenvalue weighted by Gasteiger charge is 2.33. The van der Waals surface area contributed by atoms with Gasteiger partial charge in [-0.15, -0.1) is 0 Å². The van der Waals surface area contributed by atoms with Gasteiger partial charge in [0, 0.05) is 25.2 Å². The van der Waals surface area contributed by atoms with E-state index in [4.69, 9.17) is 5.73 Å². The second kappa shape index (κ2) is 7.19. The van der Waals surface area contributed by atoms with E-state index in [0.29, 0.717) is 17.7 Å². The molecule has 116 valence electrons. The lowest BCUT2D eigenvalue weighted by Gasteiger charge is -2.09. The van der Waals surface area contributed by atoms with E-state index in [1.807, 2.05) is 0 Å². The Labute approximate surface area is 131 Å². The number of amides is 2. The third kappa shape index (κ3) is 3.71. The largest absolute Gasteiger partial charge is 0.329 e. The summed E-state index contributed by atoms with van der Waals surface area (Å²) in [6.45, 7) is 0.450. The minimum absolute atomic E-state index is 0.0424. The van der Waals surface area contributed by atoms with Crippen molar-refractivity contribution in [3.8, 4) is 0 Å². The maximum atomic E-state index is 12.0. The number of imide groups is 1. The monoisotopic (exact) mass is 321 g/mol. The zero-order valence-electron chi connectivity index (χ0n) is 11.7. The molecule has 1 aliphatic rings. The number of nitrogens with zero attached hydrogens (tertiary/aromatic N) is 2. The molecule has 0 unspecified atom stereocenters. The van der Waals surface area contributed by atoms with E-state index in [-0.39, 0.29) is 29.9 Å². The molecule has 1 aromatic rings. The fraction of sp³-hybridized carbons (Fsp3) is 0.286. The Hall–Kier alpha value is -2.19. The summed E-state index contributed by atoms with van der Waals surface area (Å²) >= 11 is 0.900. The highest BCUT2D eigenvalue weighted by molar-refractivity contribution is 8.18. The molecule has 1 heterocycles. The zero-order valence-corrected chi connectivity index (χ0v) is 12.5. The van der Waals surface area contributed by atoms with Gasteiger partial charge in [0.1, 0.15) is 0 Å². The Bertz CT molecular complexity index is 645. The highest BCUT2D eigenvalue weighted by Crippen LogP contribution is 2.30. The molecule has 0 aliphatic carbocycles. The van der Waals surface area contributed by atoms with Gasteiger partial charge >= 0.3 is 0 Å². The number of nitro benzene ring substituents is 1. The fourth-order valence-corrected chi connectivity index (χ4v) is 2.93. The molecule has 1 fully saturated rings. The summed E-state index contributed by atoms with van der Waals surface area (Å²) in [5.74, 6) is -0.320. The number of rotatable bonds is 6. The van der Waals surface area contributed by atoms with Crippen molar-refractivity contribution in [2.45, 2.75) is 12.8 Å². The molecular formula is C14H15N3O4S. The number of carbonyl (C=O) groups excluding carboxylic acids is 2. The van der Waals surface area contributed by atoms with Gasteiger partial charge in [-0.25, -0.2) is 0 Å². The number of benzene rings is 1. The number of allylic oxidation sites excluding steroid dienone is 1. The van der Waals surface area contributed by atoms with Crippen LogP contribution in [-0.4, -0.2) is 34.1 Å². The number of hydrogen-bond acceptors (Lipinski definition) is 6. The summed E-state index contributed by atoms with van der Waals surface area (Å²) in [6, 6.07) is 6.36. The molecule has 0 radical (unpaired) electrons. The van der Waals surface area contributed by atoms with Gasteiger partial charge in [0.25, 0.3) is 16.8 Å². The lowest BCUT2D eigenvalue weighted by atomic mass is 10.1. The predicted octanol–water partition coefficient (Wildman–Crippen LogP) is 2.07. The average Bonchev–Trinajstić information content (AvgIpc) is 2.76. The lowest BCUT2D eigenvalue weighted by molar-refractivity contribution is -0.384. The van der Waals surface area contributed by atoms with Crippen LogP contribution in [0.1, 0.15) is 12.0 Å². The van der Waals surface area contributed by atoms with Crippen LogP contribution < -0.4 is 5.73 Å². The van der Waals surface area contributed by atoms with Gasteiger partial charge in [-0.1, -0.05) is 18.2 Å². The minimum Gasteiger partial charge on any atom is -0.329 e. The number of thioether (sulfide) groups is 1. The van der Waals surface area contributed by atoms with E-state index in [2.05, 4.69) is 0 Å².